The lowest BCUT2D eigenvalue weighted by molar-refractivity contribution is -0.336. The molecule has 5 heteroatoms. The maximum absolute atomic E-state index is 5.71. The van der Waals surface area contributed by atoms with E-state index in [9.17, 15) is 0 Å². The second-order valence-corrected chi connectivity index (χ2v) is 4.75. The molecule has 0 radical (unpaired) electrons. The molecule has 1 aliphatic heterocycles. The monoisotopic (exact) mass is 232 g/mol. The molecule has 0 aliphatic carbocycles. The molecule has 1 rings (SSSR count). The van der Waals surface area contributed by atoms with Crippen molar-refractivity contribution in [1.82, 2.24) is 0 Å². The Labute approximate surface area is 97.4 Å². The quantitative estimate of drug-likeness (QED) is 0.614. The van der Waals surface area contributed by atoms with Crippen LogP contribution in [0.2, 0.25) is 0 Å². The molecule has 0 bridgehead atoms. The van der Waals surface area contributed by atoms with Gasteiger partial charge in [-0.25, -0.2) is 0 Å². The molecule has 1 saturated heterocycles. The molecule has 0 saturated carbocycles. The van der Waals surface area contributed by atoms with Crippen molar-refractivity contribution in [2.24, 2.45) is 11.5 Å². The van der Waals surface area contributed by atoms with E-state index in [0.29, 0.717) is 19.8 Å². The highest BCUT2D eigenvalue weighted by atomic mass is 16.7. The molecule has 1 aliphatic rings. The Morgan fingerprint density at radius 1 is 1.38 bits per heavy atom. The van der Waals surface area contributed by atoms with Crippen molar-refractivity contribution in [2.75, 3.05) is 19.8 Å². The summed E-state index contributed by atoms with van der Waals surface area (Å²) in [5, 5.41) is 0. The summed E-state index contributed by atoms with van der Waals surface area (Å²) in [7, 11) is 0. The van der Waals surface area contributed by atoms with Crippen molar-refractivity contribution in [3.63, 3.8) is 0 Å². The Balaban J connectivity index is 2.02. The van der Waals surface area contributed by atoms with Crippen LogP contribution in [0.5, 0.6) is 0 Å². The minimum Gasteiger partial charge on any atom is -0.377 e. The summed E-state index contributed by atoms with van der Waals surface area (Å²) in [5.41, 5.74) is 11.3. The highest BCUT2D eigenvalue weighted by Gasteiger charge is 2.44. The first-order chi connectivity index (χ1) is 7.43. The van der Waals surface area contributed by atoms with Crippen LogP contribution in [0.25, 0.3) is 0 Å². The van der Waals surface area contributed by atoms with E-state index in [1.165, 1.54) is 0 Å². The lowest BCUT2D eigenvalue weighted by Gasteiger charge is -2.46. The summed E-state index contributed by atoms with van der Waals surface area (Å²) in [6, 6.07) is 0.129. The Hall–Kier alpha value is -0.200. The van der Waals surface area contributed by atoms with Gasteiger partial charge in [-0.15, -0.1) is 0 Å². The van der Waals surface area contributed by atoms with Crippen LogP contribution in [0.3, 0.4) is 0 Å². The van der Waals surface area contributed by atoms with E-state index >= 15 is 0 Å². The predicted molar refractivity (Wildman–Crippen MR) is 62.0 cm³/mol. The average molecular weight is 232 g/mol. The smallest absolute Gasteiger partial charge is 0.168 e. The molecular formula is C11H24N2O3. The highest BCUT2D eigenvalue weighted by Crippen LogP contribution is 2.34. The van der Waals surface area contributed by atoms with Gasteiger partial charge < -0.3 is 25.7 Å². The SMILES string of the molecule is CC(N)COCCOC1(C)CC(C(C)N)O1. The molecule has 0 spiro atoms. The van der Waals surface area contributed by atoms with Crippen molar-refractivity contribution >= 4 is 0 Å². The molecule has 0 aromatic rings. The Bertz CT molecular complexity index is 203. The third-order valence-electron chi connectivity index (χ3n) is 2.57. The van der Waals surface area contributed by atoms with Crippen LogP contribution in [-0.2, 0) is 14.2 Å². The summed E-state index contributed by atoms with van der Waals surface area (Å²) in [4.78, 5) is 0. The summed E-state index contributed by atoms with van der Waals surface area (Å²) in [5.74, 6) is -0.476. The average Bonchev–Trinajstić information content (AvgIpc) is 2.12. The van der Waals surface area contributed by atoms with E-state index < -0.39 is 5.79 Å². The Morgan fingerprint density at radius 3 is 2.50 bits per heavy atom. The second-order valence-electron chi connectivity index (χ2n) is 4.75. The van der Waals surface area contributed by atoms with Crippen LogP contribution in [0.15, 0.2) is 0 Å². The Morgan fingerprint density at radius 2 is 2.00 bits per heavy atom. The van der Waals surface area contributed by atoms with Gasteiger partial charge in [-0.05, 0) is 20.8 Å². The molecule has 5 nitrogen and oxygen atoms in total. The van der Waals surface area contributed by atoms with Gasteiger partial charge in [0.25, 0.3) is 0 Å². The first kappa shape index (κ1) is 13.9. The van der Waals surface area contributed by atoms with Gasteiger partial charge in [-0.2, -0.15) is 0 Å². The van der Waals surface area contributed by atoms with Gasteiger partial charge >= 0.3 is 0 Å². The van der Waals surface area contributed by atoms with Crippen LogP contribution < -0.4 is 11.5 Å². The minimum absolute atomic E-state index is 0.0611. The van der Waals surface area contributed by atoms with Gasteiger partial charge in [0.15, 0.2) is 5.79 Å². The van der Waals surface area contributed by atoms with Crippen molar-refractivity contribution in [2.45, 2.75) is 51.2 Å². The van der Waals surface area contributed by atoms with Gasteiger partial charge in [0.05, 0.1) is 25.9 Å². The molecule has 1 fully saturated rings. The third-order valence-corrected chi connectivity index (χ3v) is 2.57. The largest absolute Gasteiger partial charge is 0.377 e. The number of rotatable bonds is 7. The van der Waals surface area contributed by atoms with Gasteiger partial charge in [0.1, 0.15) is 0 Å². The van der Waals surface area contributed by atoms with E-state index in [1.807, 2.05) is 20.8 Å². The molecule has 0 aromatic heterocycles. The lowest BCUT2D eigenvalue weighted by atomic mass is 9.97. The molecule has 4 unspecified atom stereocenters. The number of hydrogen-bond donors (Lipinski definition) is 2. The summed E-state index contributed by atoms with van der Waals surface area (Å²) >= 11 is 0. The molecule has 0 aromatic carbocycles. The summed E-state index contributed by atoms with van der Waals surface area (Å²) in [6.07, 6.45) is 0.966. The topological polar surface area (TPSA) is 79.7 Å². The van der Waals surface area contributed by atoms with Crippen LogP contribution in [-0.4, -0.2) is 43.8 Å². The fourth-order valence-electron chi connectivity index (χ4n) is 1.65. The maximum atomic E-state index is 5.71. The van der Waals surface area contributed by atoms with Gasteiger partial charge in [-0.3, -0.25) is 0 Å². The first-order valence-electron chi connectivity index (χ1n) is 5.83. The molecular weight excluding hydrogens is 208 g/mol. The molecule has 1 heterocycles. The normalized spacial score (nSPS) is 33.2. The number of hydrogen-bond acceptors (Lipinski definition) is 5. The minimum atomic E-state index is -0.476. The van der Waals surface area contributed by atoms with Crippen molar-refractivity contribution in [1.29, 1.82) is 0 Å². The van der Waals surface area contributed by atoms with Crippen LogP contribution in [0, 0.1) is 0 Å². The molecule has 0 amide bonds. The van der Waals surface area contributed by atoms with Crippen LogP contribution in [0.4, 0.5) is 0 Å². The van der Waals surface area contributed by atoms with Crippen molar-refractivity contribution in [3.05, 3.63) is 0 Å². The fourth-order valence-corrected chi connectivity index (χ4v) is 1.65. The van der Waals surface area contributed by atoms with Gasteiger partial charge in [-0.1, -0.05) is 0 Å². The zero-order valence-corrected chi connectivity index (χ0v) is 10.4. The third kappa shape index (κ3) is 4.35. The van der Waals surface area contributed by atoms with E-state index in [2.05, 4.69) is 0 Å². The second kappa shape index (κ2) is 5.93. The molecule has 4 N–H and O–H groups in total. The summed E-state index contributed by atoms with van der Waals surface area (Å²) in [6.45, 7) is 7.40. The van der Waals surface area contributed by atoms with Crippen molar-refractivity contribution in [3.8, 4) is 0 Å². The maximum Gasteiger partial charge on any atom is 0.168 e. The number of ether oxygens (including phenoxy) is 3. The van der Waals surface area contributed by atoms with E-state index in [1.54, 1.807) is 0 Å². The lowest BCUT2D eigenvalue weighted by Crippen LogP contribution is -2.56. The van der Waals surface area contributed by atoms with Crippen molar-refractivity contribution < 1.29 is 14.2 Å². The molecule has 4 atom stereocenters. The van der Waals surface area contributed by atoms with Gasteiger partial charge in [0, 0.05) is 18.5 Å². The van der Waals surface area contributed by atoms with Crippen LogP contribution in [0.1, 0.15) is 27.2 Å². The molecule has 96 valence electrons. The van der Waals surface area contributed by atoms with Gasteiger partial charge in [0.2, 0.25) is 0 Å². The fraction of sp³-hybridized carbons (Fsp3) is 1.00. The summed E-state index contributed by atoms with van der Waals surface area (Å²) < 4.78 is 16.5. The van der Waals surface area contributed by atoms with E-state index in [4.69, 9.17) is 25.7 Å². The standard InChI is InChI=1S/C11H24N2O3/c1-8(12)7-14-4-5-15-11(3)6-10(16-11)9(2)13/h8-10H,4-7,12-13H2,1-3H3. The Kier molecular flexibility index (Phi) is 5.14. The van der Waals surface area contributed by atoms with E-state index in [0.717, 1.165) is 6.42 Å². The predicted octanol–water partition coefficient (Wildman–Crippen LogP) is 0.219. The number of nitrogens with two attached hydrogens (primary N) is 2. The molecule has 16 heavy (non-hydrogen) atoms. The van der Waals surface area contributed by atoms with E-state index in [-0.39, 0.29) is 18.2 Å². The first-order valence-corrected chi connectivity index (χ1v) is 5.83. The van der Waals surface area contributed by atoms with Crippen LogP contribution >= 0.6 is 0 Å². The zero-order chi connectivity index (χ0) is 12.2. The zero-order valence-electron chi connectivity index (χ0n) is 10.4. The highest BCUT2D eigenvalue weighted by molar-refractivity contribution is 4.87.